The van der Waals surface area contributed by atoms with Crippen LogP contribution < -0.4 is 15.5 Å². The van der Waals surface area contributed by atoms with Gasteiger partial charge in [0.05, 0.1) is 4.88 Å². The number of carbonyl (C=O) groups excluding carboxylic acids is 3. The highest BCUT2D eigenvalue weighted by molar-refractivity contribution is 7.12. The van der Waals surface area contributed by atoms with Crippen molar-refractivity contribution in [2.75, 3.05) is 22.6 Å². The van der Waals surface area contributed by atoms with Crippen molar-refractivity contribution in [3.63, 3.8) is 0 Å². The van der Waals surface area contributed by atoms with Gasteiger partial charge in [0.2, 0.25) is 5.91 Å². The summed E-state index contributed by atoms with van der Waals surface area (Å²) in [4.78, 5) is 38.2. The molecule has 0 aliphatic rings. The van der Waals surface area contributed by atoms with Crippen LogP contribution in [-0.4, -0.2) is 24.8 Å². The molecule has 0 atom stereocenters. The van der Waals surface area contributed by atoms with Crippen molar-refractivity contribution in [1.82, 2.24) is 0 Å². The van der Waals surface area contributed by atoms with Gasteiger partial charge in [-0.05, 0) is 53.9 Å². The van der Waals surface area contributed by atoms with Crippen LogP contribution in [0.25, 0.3) is 0 Å². The zero-order valence-corrected chi connectivity index (χ0v) is 16.2. The van der Waals surface area contributed by atoms with E-state index in [9.17, 15) is 14.4 Å². The first kappa shape index (κ1) is 19.3. The largest absolute Gasteiger partial charge is 0.322 e. The molecule has 0 bridgehead atoms. The summed E-state index contributed by atoms with van der Waals surface area (Å²) in [5.74, 6) is -0.573. The van der Waals surface area contributed by atoms with Gasteiger partial charge >= 0.3 is 0 Å². The molecule has 0 unspecified atom stereocenters. The first-order valence-corrected chi connectivity index (χ1v) is 9.42. The number of thiophene rings is 1. The third kappa shape index (κ3) is 4.63. The van der Waals surface area contributed by atoms with Gasteiger partial charge < -0.3 is 15.5 Å². The van der Waals surface area contributed by atoms with Gasteiger partial charge in [-0.2, -0.15) is 0 Å². The minimum atomic E-state index is -0.292. The van der Waals surface area contributed by atoms with Crippen molar-refractivity contribution in [1.29, 1.82) is 0 Å². The molecule has 0 aliphatic heterocycles. The Balaban J connectivity index is 1.67. The zero-order chi connectivity index (χ0) is 20.1. The van der Waals surface area contributed by atoms with E-state index in [0.29, 0.717) is 21.8 Å². The van der Waals surface area contributed by atoms with Gasteiger partial charge in [-0.15, -0.1) is 11.3 Å². The van der Waals surface area contributed by atoms with E-state index in [1.165, 1.54) is 23.2 Å². The van der Waals surface area contributed by atoms with Gasteiger partial charge in [0.25, 0.3) is 11.8 Å². The lowest BCUT2D eigenvalue weighted by Gasteiger charge is -2.15. The number of amides is 3. The minimum Gasteiger partial charge on any atom is -0.322 e. The number of rotatable bonds is 5. The van der Waals surface area contributed by atoms with E-state index in [1.54, 1.807) is 61.6 Å². The highest BCUT2D eigenvalue weighted by Crippen LogP contribution is 2.19. The van der Waals surface area contributed by atoms with Gasteiger partial charge in [-0.1, -0.05) is 12.1 Å². The second-order valence-corrected chi connectivity index (χ2v) is 7.04. The summed E-state index contributed by atoms with van der Waals surface area (Å²) in [6.45, 7) is 1.49. The first-order valence-electron chi connectivity index (χ1n) is 8.54. The average Bonchev–Trinajstić information content (AvgIpc) is 3.23. The number of carbonyl (C=O) groups is 3. The maximum Gasteiger partial charge on any atom is 0.265 e. The molecular weight excluding hydrogens is 374 g/mol. The van der Waals surface area contributed by atoms with Crippen molar-refractivity contribution in [3.8, 4) is 0 Å². The fourth-order valence-corrected chi connectivity index (χ4v) is 3.11. The highest BCUT2D eigenvalue weighted by atomic mass is 32.1. The summed E-state index contributed by atoms with van der Waals surface area (Å²) >= 11 is 1.35. The summed E-state index contributed by atoms with van der Waals surface area (Å²) in [6.07, 6.45) is 0. The molecule has 1 aromatic heterocycles. The summed E-state index contributed by atoms with van der Waals surface area (Å²) in [5, 5.41) is 7.43. The molecule has 7 heteroatoms. The van der Waals surface area contributed by atoms with E-state index in [2.05, 4.69) is 10.6 Å². The molecule has 6 nitrogen and oxygen atoms in total. The fraction of sp³-hybridized carbons (Fsp3) is 0.0952. The van der Waals surface area contributed by atoms with Crippen LogP contribution in [0.15, 0.2) is 66.0 Å². The van der Waals surface area contributed by atoms with E-state index >= 15 is 0 Å². The van der Waals surface area contributed by atoms with Crippen LogP contribution in [0.5, 0.6) is 0 Å². The van der Waals surface area contributed by atoms with E-state index < -0.39 is 0 Å². The fourth-order valence-electron chi connectivity index (χ4n) is 2.49. The quantitative estimate of drug-likeness (QED) is 0.681. The Hall–Kier alpha value is -3.45. The second kappa shape index (κ2) is 8.49. The van der Waals surface area contributed by atoms with Crippen LogP contribution in [0, 0.1) is 0 Å². The van der Waals surface area contributed by atoms with E-state index in [0.717, 1.165) is 5.69 Å². The van der Waals surface area contributed by atoms with Crippen molar-refractivity contribution >= 4 is 46.1 Å². The molecule has 0 aliphatic carbocycles. The van der Waals surface area contributed by atoms with Crippen molar-refractivity contribution < 1.29 is 14.4 Å². The highest BCUT2D eigenvalue weighted by Gasteiger charge is 2.11. The molecule has 3 aromatic rings. The Morgan fingerprint density at radius 1 is 0.857 bits per heavy atom. The molecule has 142 valence electrons. The molecule has 0 saturated carbocycles. The van der Waals surface area contributed by atoms with E-state index in [4.69, 9.17) is 0 Å². The molecule has 3 rings (SSSR count). The van der Waals surface area contributed by atoms with Gasteiger partial charge in [0, 0.05) is 36.6 Å². The van der Waals surface area contributed by atoms with Crippen LogP contribution in [0.2, 0.25) is 0 Å². The Kier molecular flexibility index (Phi) is 5.86. The number of nitrogens with zero attached hydrogens (tertiary/aromatic N) is 1. The lowest BCUT2D eigenvalue weighted by Crippen LogP contribution is -2.22. The van der Waals surface area contributed by atoms with Crippen LogP contribution in [0.4, 0.5) is 17.1 Å². The normalized spacial score (nSPS) is 10.2. The van der Waals surface area contributed by atoms with Gasteiger partial charge in [0.1, 0.15) is 0 Å². The van der Waals surface area contributed by atoms with Gasteiger partial charge in [-0.3, -0.25) is 14.4 Å². The Bertz CT molecular complexity index is 998. The number of benzene rings is 2. The summed E-state index contributed by atoms with van der Waals surface area (Å²) in [6, 6.07) is 17.3. The first-order chi connectivity index (χ1) is 13.4. The molecular formula is C21H19N3O3S. The molecule has 0 saturated heterocycles. The number of hydrogen-bond acceptors (Lipinski definition) is 4. The van der Waals surface area contributed by atoms with Crippen LogP contribution in [0.3, 0.4) is 0 Å². The molecule has 0 fully saturated rings. The Morgan fingerprint density at radius 2 is 1.57 bits per heavy atom. The Labute approximate surface area is 166 Å². The minimum absolute atomic E-state index is 0.0711. The predicted octanol–water partition coefficient (Wildman–Crippen LogP) is 4.24. The van der Waals surface area contributed by atoms with E-state index in [1.807, 2.05) is 11.4 Å². The van der Waals surface area contributed by atoms with Gasteiger partial charge in [0.15, 0.2) is 0 Å². The predicted molar refractivity (Wildman–Crippen MR) is 112 cm³/mol. The number of anilines is 3. The number of hydrogen-bond donors (Lipinski definition) is 2. The molecule has 2 N–H and O–H groups in total. The zero-order valence-electron chi connectivity index (χ0n) is 15.4. The van der Waals surface area contributed by atoms with Gasteiger partial charge in [-0.25, -0.2) is 0 Å². The summed E-state index contributed by atoms with van der Waals surface area (Å²) < 4.78 is 0. The molecule has 2 aromatic carbocycles. The monoisotopic (exact) mass is 393 g/mol. The van der Waals surface area contributed by atoms with Crippen LogP contribution in [0.1, 0.15) is 27.0 Å². The third-order valence-corrected chi connectivity index (χ3v) is 4.98. The molecule has 28 heavy (non-hydrogen) atoms. The SMILES string of the molecule is CC(=O)N(C)c1ccc(NC(=O)c2cccc(NC(=O)c3cccs3)c2)cc1. The Morgan fingerprint density at radius 3 is 2.21 bits per heavy atom. The lowest BCUT2D eigenvalue weighted by atomic mass is 10.1. The average molecular weight is 393 g/mol. The summed E-state index contributed by atoms with van der Waals surface area (Å²) in [7, 11) is 1.69. The molecule has 3 amide bonds. The summed E-state index contributed by atoms with van der Waals surface area (Å²) in [5.41, 5.74) is 2.32. The van der Waals surface area contributed by atoms with Crippen molar-refractivity contribution in [2.24, 2.45) is 0 Å². The number of nitrogens with one attached hydrogen (secondary N) is 2. The smallest absolute Gasteiger partial charge is 0.265 e. The van der Waals surface area contributed by atoms with E-state index in [-0.39, 0.29) is 17.7 Å². The maximum atomic E-state index is 12.5. The third-order valence-electron chi connectivity index (χ3n) is 4.11. The topological polar surface area (TPSA) is 78.5 Å². The van der Waals surface area contributed by atoms with Crippen molar-refractivity contribution in [3.05, 3.63) is 76.5 Å². The maximum absolute atomic E-state index is 12.5. The van der Waals surface area contributed by atoms with Crippen molar-refractivity contribution in [2.45, 2.75) is 6.92 Å². The van der Waals surface area contributed by atoms with Crippen LogP contribution in [-0.2, 0) is 4.79 Å². The molecule has 1 heterocycles. The molecule has 0 radical (unpaired) electrons. The van der Waals surface area contributed by atoms with Crippen LogP contribution >= 0.6 is 11.3 Å². The standard InChI is InChI=1S/C21H19N3O3S/c1-14(25)24(2)18-10-8-16(9-11-18)22-20(26)15-5-3-6-17(13-15)23-21(27)19-7-4-12-28-19/h3-13H,1-2H3,(H,22,26)(H,23,27). The lowest BCUT2D eigenvalue weighted by molar-refractivity contribution is -0.116. The second-order valence-electron chi connectivity index (χ2n) is 6.09. The molecule has 0 spiro atoms.